The Kier molecular flexibility index (Phi) is 11.2. The summed E-state index contributed by atoms with van der Waals surface area (Å²) in [4.78, 5) is 18.6. The van der Waals surface area contributed by atoms with Crippen LogP contribution < -0.4 is 32.1 Å². The van der Waals surface area contributed by atoms with E-state index in [2.05, 4.69) is 32.9 Å². The Morgan fingerprint density at radius 3 is 2.40 bits per heavy atom. The number of amidine groups is 1. The van der Waals surface area contributed by atoms with Crippen molar-refractivity contribution in [1.82, 2.24) is 20.7 Å². The fourth-order valence-electron chi connectivity index (χ4n) is 6.97. The van der Waals surface area contributed by atoms with E-state index in [1.807, 2.05) is 50.2 Å². The number of rotatable bonds is 10. The van der Waals surface area contributed by atoms with E-state index in [1.165, 1.54) is 12.1 Å². The molecule has 2 fully saturated rings. The minimum atomic E-state index is -0.680. The largest absolute Gasteiger partial charge is 0.398 e. The Morgan fingerprint density at radius 2 is 1.73 bits per heavy atom. The average Bonchev–Trinajstić information content (AvgIpc) is 3.51. The van der Waals surface area contributed by atoms with Gasteiger partial charge in [-0.1, -0.05) is 0 Å². The second kappa shape index (κ2) is 15.6. The molecule has 0 aliphatic carbocycles. The quantitative estimate of drug-likeness (QED) is 0.106. The first-order valence-electron chi connectivity index (χ1n) is 17.9. The Labute approximate surface area is 304 Å². The highest BCUT2D eigenvalue weighted by Crippen LogP contribution is 2.34. The van der Waals surface area contributed by atoms with Crippen LogP contribution in [-0.4, -0.2) is 97.4 Å². The van der Waals surface area contributed by atoms with Crippen molar-refractivity contribution >= 4 is 34.4 Å². The third kappa shape index (κ3) is 8.39. The fraction of sp³-hybridized carbons (Fsp3) is 0.436. The van der Waals surface area contributed by atoms with Crippen LogP contribution in [0.5, 0.6) is 0 Å². The number of nitrogens with one attached hydrogen (secondary N) is 3. The number of nitrogens with two attached hydrogens (primary N) is 2. The van der Waals surface area contributed by atoms with Gasteiger partial charge < -0.3 is 35.7 Å². The van der Waals surface area contributed by atoms with Gasteiger partial charge in [-0.05, 0) is 112 Å². The van der Waals surface area contributed by atoms with Gasteiger partial charge in [0.2, 0.25) is 0 Å². The van der Waals surface area contributed by atoms with E-state index < -0.39 is 23.1 Å². The number of ether oxygens (including phenoxy) is 1. The van der Waals surface area contributed by atoms with Gasteiger partial charge >= 0.3 is 5.91 Å². The molecule has 6 rings (SSSR count). The van der Waals surface area contributed by atoms with E-state index in [0.717, 1.165) is 67.6 Å². The highest BCUT2D eigenvalue weighted by atomic mass is 19.1. The molecule has 0 radical (unpaired) electrons. The van der Waals surface area contributed by atoms with Crippen LogP contribution in [0.3, 0.4) is 0 Å². The lowest BCUT2D eigenvalue weighted by atomic mass is 9.90. The standard InChI is InChI=1S/C39H50F2N8O3/c1-24-34(22-49(46-24)39(2,3)23-50)32-21-35(42)33(18-26(32)15-25-16-27(40)19-28(41)17-25)37(43)45-38(51)31-6-5-30(48-11-9-47(4)10-12-48)20-36(31)44-29-7-13-52-14-8-29/h5-6,16-22,24,29,44,46,50H,7-15,23,42H2,1-4H3,(H2,43,45,51)/p+1. The zero-order chi connectivity index (χ0) is 37.2. The summed E-state index contributed by atoms with van der Waals surface area (Å²) in [5, 5.41) is 25.0. The molecule has 0 spiro atoms. The summed E-state index contributed by atoms with van der Waals surface area (Å²) in [6.07, 6.45) is 3.74. The highest BCUT2D eigenvalue weighted by molar-refractivity contribution is 6.14. The summed E-state index contributed by atoms with van der Waals surface area (Å²) in [7, 11) is 2.12. The molecule has 3 heterocycles. The number of benzene rings is 3. The lowest BCUT2D eigenvalue weighted by Gasteiger charge is -2.34. The van der Waals surface area contributed by atoms with Gasteiger partial charge in [-0.15, -0.1) is 0 Å². The second-order valence-electron chi connectivity index (χ2n) is 14.7. The van der Waals surface area contributed by atoms with E-state index >= 15 is 0 Å². The molecule has 1 atom stereocenters. The van der Waals surface area contributed by atoms with Crippen molar-refractivity contribution in [3.8, 4) is 0 Å². The summed E-state index contributed by atoms with van der Waals surface area (Å²) in [5.41, 5.74) is 15.1. The SMILES string of the molecule is CC1NN(C(C)(C)CO)C=C1c1cc(N)c(C(=[NH2+])NC(=O)c2ccc(N3CCN(C)CC3)cc2NC2CCOCC2)cc1Cc1cc(F)cc(F)c1. The number of hydrazine groups is 1. The van der Waals surface area contributed by atoms with Gasteiger partial charge in [0.15, 0.2) is 0 Å². The Hall–Kier alpha value is -4.56. The number of anilines is 3. The number of amides is 1. The lowest BCUT2D eigenvalue weighted by Crippen LogP contribution is -2.52. The Balaban J connectivity index is 1.32. The number of halogens is 2. The number of likely N-dealkylation sites (N-methyl/N-ethyl adjacent to an activating group) is 1. The summed E-state index contributed by atoms with van der Waals surface area (Å²) in [5.74, 6) is -1.70. The van der Waals surface area contributed by atoms with E-state index in [4.69, 9.17) is 15.9 Å². The number of carbonyl (C=O) groups excluding carboxylic acids is 1. The van der Waals surface area contributed by atoms with Crippen molar-refractivity contribution in [2.24, 2.45) is 0 Å². The summed E-state index contributed by atoms with van der Waals surface area (Å²) in [6, 6.07) is 12.8. The molecule has 8 N–H and O–H groups in total. The molecule has 52 heavy (non-hydrogen) atoms. The molecule has 11 nitrogen and oxygen atoms in total. The van der Waals surface area contributed by atoms with Gasteiger partial charge in [-0.25, -0.2) is 24.3 Å². The zero-order valence-corrected chi connectivity index (χ0v) is 30.4. The number of piperazine rings is 1. The molecule has 3 aromatic rings. The van der Waals surface area contributed by atoms with Crippen LogP contribution in [0.4, 0.5) is 25.8 Å². The van der Waals surface area contributed by atoms with Crippen LogP contribution in [0.1, 0.15) is 66.2 Å². The molecule has 1 unspecified atom stereocenters. The number of hydrogen-bond donors (Lipinski definition) is 6. The molecule has 0 saturated carbocycles. The summed E-state index contributed by atoms with van der Waals surface area (Å²) < 4.78 is 34.2. The molecule has 3 aromatic carbocycles. The van der Waals surface area contributed by atoms with Gasteiger partial charge in [0.05, 0.1) is 35.0 Å². The van der Waals surface area contributed by atoms with Crippen molar-refractivity contribution in [2.75, 3.05) is 69.0 Å². The molecule has 13 heteroatoms. The van der Waals surface area contributed by atoms with Gasteiger partial charge in [0, 0.05) is 69.1 Å². The maximum atomic E-state index is 14.3. The number of carbonyl (C=O) groups is 1. The third-order valence-electron chi connectivity index (χ3n) is 10.2. The van der Waals surface area contributed by atoms with Crippen molar-refractivity contribution in [3.05, 3.63) is 94.2 Å². The zero-order valence-electron chi connectivity index (χ0n) is 30.4. The van der Waals surface area contributed by atoms with Crippen LogP contribution in [0.2, 0.25) is 0 Å². The maximum absolute atomic E-state index is 14.3. The van der Waals surface area contributed by atoms with Crippen LogP contribution in [0, 0.1) is 11.6 Å². The van der Waals surface area contributed by atoms with Crippen molar-refractivity contribution in [3.63, 3.8) is 0 Å². The van der Waals surface area contributed by atoms with E-state index in [9.17, 15) is 18.7 Å². The molecule has 0 aromatic heterocycles. The highest BCUT2D eigenvalue weighted by Gasteiger charge is 2.33. The van der Waals surface area contributed by atoms with Gasteiger partial charge in [0.1, 0.15) is 11.6 Å². The molecule has 3 aliphatic heterocycles. The molecule has 278 valence electrons. The first-order valence-corrected chi connectivity index (χ1v) is 17.9. The predicted octanol–water partition coefficient (Wildman–Crippen LogP) is 2.74. The number of hydrogen-bond acceptors (Lipinski definition) is 9. The van der Waals surface area contributed by atoms with Gasteiger partial charge in [-0.3, -0.25) is 5.41 Å². The number of aliphatic hydroxyl groups excluding tert-OH is 1. The number of aliphatic hydroxyl groups is 1. The molecule has 2 saturated heterocycles. The minimum absolute atomic E-state index is 0.0514. The molecular weight excluding hydrogens is 666 g/mol. The smallest absolute Gasteiger partial charge is 0.341 e. The average molecular weight is 718 g/mol. The van der Waals surface area contributed by atoms with E-state index in [-0.39, 0.29) is 30.9 Å². The van der Waals surface area contributed by atoms with Crippen molar-refractivity contribution < 1.29 is 28.8 Å². The van der Waals surface area contributed by atoms with Crippen LogP contribution in [0.15, 0.2) is 54.7 Å². The first-order chi connectivity index (χ1) is 24.8. The summed E-state index contributed by atoms with van der Waals surface area (Å²) in [6.45, 7) is 10.7. The van der Waals surface area contributed by atoms with Crippen LogP contribution >= 0.6 is 0 Å². The Bertz CT molecular complexity index is 1820. The monoisotopic (exact) mass is 717 g/mol. The molecular formula is C39H51F2N8O3+. The van der Waals surface area contributed by atoms with Crippen molar-refractivity contribution in [1.29, 1.82) is 0 Å². The van der Waals surface area contributed by atoms with Crippen LogP contribution in [-0.2, 0) is 11.2 Å². The Morgan fingerprint density at radius 1 is 1.04 bits per heavy atom. The van der Waals surface area contributed by atoms with E-state index in [1.54, 1.807) is 12.1 Å². The minimum Gasteiger partial charge on any atom is -0.398 e. The maximum Gasteiger partial charge on any atom is 0.341 e. The molecule has 3 aliphatic rings. The molecule has 0 bridgehead atoms. The number of nitrogens with zero attached hydrogens (tertiary/aromatic N) is 3. The second-order valence-corrected chi connectivity index (χ2v) is 14.7. The normalized spacial score (nSPS) is 18.8. The summed E-state index contributed by atoms with van der Waals surface area (Å²) >= 11 is 0. The van der Waals surface area contributed by atoms with Gasteiger partial charge in [0.25, 0.3) is 5.84 Å². The first kappa shape index (κ1) is 37.2. The fourth-order valence-corrected chi connectivity index (χ4v) is 6.97. The lowest BCUT2D eigenvalue weighted by molar-refractivity contribution is -0.116. The van der Waals surface area contributed by atoms with Crippen molar-refractivity contribution in [2.45, 2.75) is 57.7 Å². The van der Waals surface area contributed by atoms with Gasteiger partial charge in [-0.2, -0.15) is 0 Å². The predicted molar refractivity (Wildman–Crippen MR) is 201 cm³/mol. The van der Waals surface area contributed by atoms with E-state index in [0.29, 0.717) is 41.2 Å². The third-order valence-corrected chi connectivity index (χ3v) is 10.2. The molecule has 1 amide bonds. The van der Waals surface area contributed by atoms with Crippen LogP contribution in [0.25, 0.3) is 5.57 Å². The topological polar surface area (TPSA) is 144 Å². The number of nitrogen functional groups attached to an aromatic ring is 1.